The number of aromatic nitrogens is 2. The number of carbonyl (C=O) groups is 1. The minimum atomic E-state index is -0.167. The second-order valence-corrected chi connectivity index (χ2v) is 4.47. The van der Waals surface area contributed by atoms with E-state index in [0.29, 0.717) is 11.4 Å². The number of benzene rings is 2. The molecule has 0 aliphatic heterocycles. The average Bonchev–Trinajstić information content (AvgIpc) is 3.07. The predicted molar refractivity (Wildman–Crippen MR) is 77.3 cm³/mol. The Morgan fingerprint density at radius 2 is 1.71 bits per heavy atom. The van der Waals surface area contributed by atoms with Gasteiger partial charge in [0.2, 0.25) is 6.39 Å². The van der Waals surface area contributed by atoms with Crippen molar-refractivity contribution >= 4 is 5.91 Å². The average molecular weight is 279 g/mol. The minimum absolute atomic E-state index is 0.167. The molecule has 1 aromatic heterocycles. The van der Waals surface area contributed by atoms with Crippen LogP contribution in [0.1, 0.15) is 16.2 Å². The quantitative estimate of drug-likeness (QED) is 0.797. The Hall–Kier alpha value is -2.95. The molecule has 2 aromatic carbocycles. The van der Waals surface area contributed by atoms with E-state index in [9.17, 15) is 4.79 Å². The van der Waals surface area contributed by atoms with E-state index < -0.39 is 0 Å². The van der Waals surface area contributed by atoms with Crippen molar-refractivity contribution in [1.82, 2.24) is 15.5 Å². The maximum atomic E-state index is 12.0. The molecule has 1 heterocycles. The molecule has 0 unspecified atom stereocenters. The number of hydrogen-bond acceptors (Lipinski definition) is 4. The molecule has 104 valence electrons. The van der Waals surface area contributed by atoms with Crippen LogP contribution in [0.25, 0.3) is 11.1 Å². The van der Waals surface area contributed by atoms with Gasteiger partial charge in [-0.25, -0.2) is 0 Å². The molecule has 0 spiro atoms. The maximum Gasteiger partial charge on any atom is 0.251 e. The molecule has 0 fully saturated rings. The van der Waals surface area contributed by atoms with Gasteiger partial charge < -0.3 is 9.84 Å². The SMILES string of the molecule is O=C(NCc1ncon1)c1ccc(-c2ccccc2)cc1. The van der Waals surface area contributed by atoms with Crippen molar-refractivity contribution in [3.05, 3.63) is 72.4 Å². The van der Waals surface area contributed by atoms with Crippen LogP contribution in [0.5, 0.6) is 0 Å². The first-order chi connectivity index (χ1) is 10.3. The molecule has 1 amide bonds. The van der Waals surface area contributed by atoms with Gasteiger partial charge in [-0.2, -0.15) is 4.98 Å². The van der Waals surface area contributed by atoms with Crippen molar-refractivity contribution in [2.45, 2.75) is 6.54 Å². The van der Waals surface area contributed by atoms with Gasteiger partial charge in [-0.3, -0.25) is 4.79 Å². The minimum Gasteiger partial charge on any atom is -0.345 e. The topological polar surface area (TPSA) is 68.0 Å². The number of nitrogens with zero attached hydrogens (tertiary/aromatic N) is 2. The zero-order valence-electron chi connectivity index (χ0n) is 11.2. The number of amides is 1. The lowest BCUT2D eigenvalue weighted by molar-refractivity contribution is 0.0949. The van der Waals surface area contributed by atoms with E-state index >= 15 is 0 Å². The Kier molecular flexibility index (Phi) is 3.73. The molecule has 0 saturated heterocycles. The predicted octanol–water partition coefficient (Wildman–Crippen LogP) is 2.67. The van der Waals surface area contributed by atoms with Crippen molar-refractivity contribution in [3.8, 4) is 11.1 Å². The van der Waals surface area contributed by atoms with E-state index in [1.807, 2.05) is 42.5 Å². The molecule has 3 rings (SSSR count). The maximum absolute atomic E-state index is 12.0. The van der Waals surface area contributed by atoms with Gasteiger partial charge in [-0.1, -0.05) is 47.6 Å². The summed E-state index contributed by atoms with van der Waals surface area (Å²) in [6.07, 6.45) is 1.23. The second kappa shape index (κ2) is 6.00. The summed E-state index contributed by atoms with van der Waals surface area (Å²) in [5.41, 5.74) is 2.79. The molecule has 0 aliphatic carbocycles. The molecule has 3 aromatic rings. The Balaban J connectivity index is 1.67. The Bertz CT molecular complexity index is 707. The van der Waals surface area contributed by atoms with Crippen LogP contribution in [-0.2, 0) is 6.54 Å². The lowest BCUT2D eigenvalue weighted by atomic mass is 10.0. The third-order valence-corrected chi connectivity index (χ3v) is 3.07. The van der Waals surface area contributed by atoms with E-state index in [1.165, 1.54) is 6.39 Å². The van der Waals surface area contributed by atoms with Crippen molar-refractivity contribution in [2.24, 2.45) is 0 Å². The number of carbonyl (C=O) groups excluding carboxylic acids is 1. The van der Waals surface area contributed by atoms with E-state index in [2.05, 4.69) is 20.0 Å². The number of hydrogen-bond donors (Lipinski definition) is 1. The van der Waals surface area contributed by atoms with Gasteiger partial charge in [0.25, 0.3) is 5.91 Å². The summed E-state index contributed by atoms with van der Waals surface area (Å²) in [6.45, 7) is 0.246. The van der Waals surface area contributed by atoms with Crippen LogP contribution in [0.15, 0.2) is 65.5 Å². The zero-order chi connectivity index (χ0) is 14.5. The van der Waals surface area contributed by atoms with Crippen LogP contribution in [-0.4, -0.2) is 16.0 Å². The lowest BCUT2D eigenvalue weighted by Crippen LogP contribution is -2.23. The van der Waals surface area contributed by atoms with Crippen LogP contribution < -0.4 is 5.32 Å². The van der Waals surface area contributed by atoms with Crippen LogP contribution in [0.2, 0.25) is 0 Å². The number of nitrogens with one attached hydrogen (secondary N) is 1. The first kappa shape index (κ1) is 13.1. The highest BCUT2D eigenvalue weighted by Gasteiger charge is 2.07. The molecule has 0 saturated carbocycles. The van der Waals surface area contributed by atoms with Crippen molar-refractivity contribution < 1.29 is 9.32 Å². The molecule has 21 heavy (non-hydrogen) atoms. The Morgan fingerprint density at radius 1 is 1.00 bits per heavy atom. The van der Waals surface area contributed by atoms with Crippen LogP contribution in [0, 0.1) is 0 Å². The highest BCUT2D eigenvalue weighted by atomic mass is 16.5. The highest BCUT2D eigenvalue weighted by Crippen LogP contribution is 2.19. The smallest absolute Gasteiger partial charge is 0.251 e. The summed E-state index contributed by atoms with van der Waals surface area (Å²) >= 11 is 0. The third kappa shape index (κ3) is 3.14. The normalized spacial score (nSPS) is 10.3. The summed E-state index contributed by atoms with van der Waals surface area (Å²) < 4.78 is 4.60. The van der Waals surface area contributed by atoms with Crippen LogP contribution >= 0.6 is 0 Å². The first-order valence-electron chi connectivity index (χ1n) is 6.52. The molecule has 5 heteroatoms. The molecule has 0 aliphatic rings. The molecule has 5 nitrogen and oxygen atoms in total. The van der Waals surface area contributed by atoms with Gasteiger partial charge in [0.05, 0.1) is 6.54 Å². The van der Waals surface area contributed by atoms with Crippen molar-refractivity contribution in [2.75, 3.05) is 0 Å². The molecule has 0 radical (unpaired) electrons. The lowest BCUT2D eigenvalue weighted by Gasteiger charge is -2.05. The summed E-state index contributed by atoms with van der Waals surface area (Å²) in [5, 5.41) is 6.37. The molecular formula is C16H13N3O2. The summed E-state index contributed by atoms with van der Waals surface area (Å²) in [7, 11) is 0. The van der Waals surface area contributed by atoms with Gasteiger partial charge in [0, 0.05) is 5.56 Å². The third-order valence-electron chi connectivity index (χ3n) is 3.07. The van der Waals surface area contributed by atoms with E-state index in [-0.39, 0.29) is 12.5 Å². The van der Waals surface area contributed by atoms with Gasteiger partial charge in [-0.15, -0.1) is 0 Å². The second-order valence-electron chi connectivity index (χ2n) is 4.47. The Morgan fingerprint density at radius 3 is 2.38 bits per heavy atom. The fourth-order valence-electron chi connectivity index (χ4n) is 1.98. The summed E-state index contributed by atoms with van der Waals surface area (Å²) in [4.78, 5) is 15.8. The number of rotatable bonds is 4. The first-order valence-corrected chi connectivity index (χ1v) is 6.52. The van der Waals surface area contributed by atoms with E-state index in [1.54, 1.807) is 12.1 Å². The standard InChI is InChI=1S/C16H13N3O2/c20-16(17-10-15-18-11-21-19-15)14-8-6-13(7-9-14)12-4-2-1-3-5-12/h1-9,11H,10H2,(H,17,20). The van der Waals surface area contributed by atoms with Gasteiger partial charge in [0.15, 0.2) is 5.82 Å². The fraction of sp³-hybridized carbons (Fsp3) is 0.0625. The molecule has 1 N–H and O–H groups in total. The van der Waals surface area contributed by atoms with Crippen LogP contribution in [0.4, 0.5) is 0 Å². The van der Waals surface area contributed by atoms with E-state index in [0.717, 1.165) is 11.1 Å². The molecule has 0 bridgehead atoms. The highest BCUT2D eigenvalue weighted by molar-refractivity contribution is 5.94. The largest absolute Gasteiger partial charge is 0.345 e. The van der Waals surface area contributed by atoms with E-state index in [4.69, 9.17) is 0 Å². The summed E-state index contributed by atoms with van der Waals surface area (Å²) in [6, 6.07) is 17.5. The zero-order valence-corrected chi connectivity index (χ0v) is 11.2. The van der Waals surface area contributed by atoms with Gasteiger partial charge in [-0.05, 0) is 23.3 Å². The van der Waals surface area contributed by atoms with Crippen LogP contribution in [0.3, 0.4) is 0 Å². The molecular weight excluding hydrogens is 266 g/mol. The Labute approximate surface area is 121 Å². The molecule has 0 atom stereocenters. The fourth-order valence-corrected chi connectivity index (χ4v) is 1.98. The van der Waals surface area contributed by atoms with Crippen molar-refractivity contribution in [1.29, 1.82) is 0 Å². The van der Waals surface area contributed by atoms with Gasteiger partial charge in [0.1, 0.15) is 0 Å². The van der Waals surface area contributed by atoms with Crippen molar-refractivity contribution in [3.63, 3.8) is 0 Å². The van der Waals surface area contributed by atoms with Gasteiger partial charge >= 0.3 is 0 Å². The monoisotopic (exact) mass is 279 g/mol. The summed E-state index contributed by atoms with van der Waals surface area (Å²) in [5.74, 6) is 0.281.